The largest absolute Gasteiger partial charge is 0.480 e. The van der Waals surface area contributed by atoms with Gasteiger partial charge in [0.2, 0.25) is 0 Å². The molecule has 0 bridgehead atoms. The number of hydrogen-bond acceptors (Lipinski definition) is 3. The molecule has 0 aliphatic carbocycles. The maximum absolute atomic E-state index is 11.7. The van der Waals surface area contributed by atoms with Gasteiger partial charge >= 0.3 is 5.97 Å². The molecule has 0 aromatic carbocycles. The van der Waals surface area contributed by atoms with Gasteiger partial charge in [0.15, 0.2) is 0 Å². The molecule has 78 valence electrons. The molecule has 1 aromatic rings. The van der Waals surface area contributed by atoms with E-state index in [2.05, 4.69) is 5.92 Å². The van der Waals surface area contributed by atoms with E-state index in [4.69, 9.17) is 11.5 Å². The number of carboxylic acid groups (broad SMARTS) is 1. The van der Waals surface area contributed by atoms with Gasteiger partial charge in [0.1, 0.15) is 6.54 Å². The third-order valence-electron chi connectivity index (χ3n) is 1.63. The Morgan fingerprint density at radius 1 is 1.60 bits per heavy atom. The highest BCUT2D eigenvalue weighted by Crippen LogP contribution is 2.11. The lowest BCUT2D eigenvalue weighted by Gasteiger charge is -2.16. The van der Waals surface area contributed by atoms with Crippen LogP contribution >= 0.6 is 11.3 Å². The predicted octanol–water partition coefficient (Wildman–Crippen LogP) is 0.908. The van der Waals surface area contributed by atoms with Gasteiger partial charge in [-0.15, -0.1) is 17.8 Å². The molecule has 0 fully saturated rings. The smallest absolute Gasteiger partial charge is 0.323 e. The highest BCUT2D eigenvalue weighted by molar-refractivity contribution is 7.12. The van der Waals surface area contributed by atoms with E-state index in [9.17, 15) is 9.59 Å². The summed E-state index contributed by atoms with van der Waals surface area (Å²) in [6.45, 7) is -0.371. The van der Waals surface area contributed by atoms with Crippen LogP contribution in [0.15, 0.2) is 17.5 Å². The quantitative estimate of drug-likeness (QED) is 0.772. The van der Waals surface area contributed by atoms with Crippen LogP contribution < -0.4 is 0 Å². The predicted molar refractivity (Wildman–Crippen MR) is 56.7 cm³/mol. The molecule has 0 aliphatic heterocycles. The van der Waals surface area contributed by atoms with Gasteiger partial charge in [0.25, 0.3) is 5.91 Å². The summed E-state index contributed by atoms with van der Waals surface area (Å²) >= 11 is 1.26. The second-order valence-corrected chi connectivity index (χ2v) is 3.68. The van der Waals surface area contributed by atoms with Crippen molar-refractivity contribution < 1.29 is 14.7 Å². The van der Waals surface area contributed by atoms with Crippen LogP contribution in [0.1, 0.15) is 9.67 Å². The average Bonchev–Trinajstić information content (AvgIpc) is 2.68. The highest BCUT2D eigenvalue weighted by atomic mass is 32.1. The molecular formula is C10H9NO3S. The molecule has 0 saturated heterocycles. The lowest BCUT2D eigenvalue weighted by Crippen LogP contribution is -2.35. The second-order valence-electron chi connectivity index (χ2n) is 2.74. The summed E-state index contributed by atoms with van der Waals surface area (Å²) in [4.78, 5) is 23.8. The first-order valence-electron chi connectivity index (χ1n) is 4.13. The van der Waals surface area contributed by atoms with Crippen molar-refractivity contribution >= 4 is 23.2 Å². The molecule has 1 aromatic heterocycles. The molecule has 0 aliphatic rings. The van der Waals surface area contributed by atoms with E-state index in [1.54, 1.807) is 17.5 Å². The number of carbonyl (C=O) groups excluding carboxylic acids is 1. The second kappa shape index (κ2) is 5.17. The van der Waals surface area contributed by atoms with E-state index in [1.165, 1.54) is 11.3 Å². The van der Waals surface area contributed by atoms with Crippen molar-refractivity contribution in [3.8, 4) is 12.3 Å². The number of rotatable bonds is 4. The van der Waals surface area contributed by atoms with Gasteiger partial charge in [0, 0.05) is 0 Å². The van der Waals surface area contributed by atoms with Gasteiger partial charge in [-0.05, 0) is 11.4 Å². The lowest BCUT2D eigenvalue weighted by atomic mass is 10.3. The van der Waals surface area contributed by atoms with Crippen molar-refractivity contribution in [3.63, 3.8) is 0 Å². The standard InChI is InChI=1S/C10H9NO3S/c1-2-5-11(7-9(12)13)10(14)8-4-3-6-15-8/h1,3-4,6H,5,7H2,(H,12,13). The monoisotopic (exact) mass is 223 g/mol. The van der Waals surface area contributed by atoms with Gasteiger partial charge in [-0.2, -0.15) is 0 Å². The third-order valence-corrected chi connectivity index (χ3v) is 2.49. The van der Waals surface area contributed by atoms with Crippen molar-refractivity contribution in [2.24, 2.45) is 0 Å². The SMILES string of the molecule is C#CCN(CC(=O)O)C(=O)c1cccs1. The molecule has 0 radical (unpaired) electrons. The Labute approximate surface area is 91.1 Å². The minimum Gasteiger partial charge on any atom is -0.480 e. The molecule has 1 heterocycles. The number of amides is 1. The van der Waals surface area contributed by atoms with Crippen LogP contribution in [0, 0.1) is 12.3 Å². The minimum atomic E-state index is -1.07. The zero-order chi connectivity index (χ0) is 11.3. The van der Waals surface area contributed by atoms with E-state index < -0.39 is 5.97 Å². The number of hydrogen-bond donors (Lipinski definition) is 1. The first kappa shape index (κ1) is 11.3. The highest BCUT2D eigenvalue weighted by Gasteiger charge is 2.17. The van der Waals surface area contributed by atoms with Crippen LogP contribution in [0.25, 0.3) is 0 Å². The fourth-order valence-electron chi connectivity index (χ4n) is 1.03. The Morgan fingerprint density at radius 2 is 2.33 bits per heavy atom. The number of nitrogens with zero attached hydrogens (tertiary/aromatic N) is 1. The Morgan fingerprint density at radius 3 is 2.80 bits per heavy atom. The Kier molecular flexibility index (Phi) is 3.89. The number of aliphatic carboxylic acids is 1. The number of terminal acetylenes is 1. The van der Waals surface area contributed by atoms with Crippen molar-refractivity contribution in [2.75, 3.05) is 13.1 Å². The number of carboxylic acids is 1. The number of carbonyl (C=O) groups is 2. The molecule has 1 amide bonds. The van der Waals surface area contributed by atoms with E-state index in [1.807, 2.05) is 0 Å². The zero-order valence-electron chi connectivity index (χ0n) is 7.84. The summed E-state index contributed by atoms with van der Waals surface area (Å²) in [6.07, 6.45) is 5.06. The van der Waals surface area contributed by atoms with Crippen LogP contribution in [0.2, 0.25) is 0 Å². The molecule has 5 heteroatoms. The summed E-state index contributed by atoms with van der Waals surface area (Å²) in [5.41, 5.74) is 0. The van der Waals surface area contributed by atoms with E-state index >= 15 is 0 Å². The molecule has 1 rings (SSSR count). The van der Waals surface area contributed by atoms with Gasteiger partial charge < -0.3 is 10.0 Å². The summed E-state index contributed by atoms with van der Waals surface area (Å²) < 4.78 is 0. The Hall–Kier alpha value is -1.80. The van der Waals surface area contributed by atoms with Crippen molar-refractivity contribution in [2.45, 2.75) is 0 Å². The maximum atomic E-state index is 11.7. The van der Waals surface area contributed by atoms with Gasteiger partial charge in [-0.25, -0.2) is 0 Å². The van der Waals surface area contributed by atoms with Gasteiger partial charge in [0.05, 0.1) is 11.4 Å². The van der Waals surface area contributed by atoms with Gasteiger partial charge in [-0.1, -0.05) is 12.0 Å². The fourth-order valence-corrected chi connectivity index (χ4v) is 1.72. The summed E-state index contributed by atoms with van der Waals surface area (Å²) in [7, 11) is 0. The van der Waals surface area contributed by atoms with Crippen LogP contribution in [0.3, 0.4) is 0 Å². The molecule has 0 atom stereocenters. The Balaban J connectivity index is 2.76. The van der Waals surface area contributed by atoms with Crippen molar-refractivity contribution in [1.82, 2.24) is 4.90 Å². The normalized spacial score (nSPS) is 9.27. The van der Waals surface area contributed by atoms with E-state index in [0.717, 1.165) is 4.90 Å². The molecule has 4 nitrogen and oxygen atoms in total. The van der Waals surface area contributed by atoms with Crippen LogP contribution in [-0.2, 0) is 4.79 Å². The molecule has 0 saturated carbocycles. The molecular weight excluding hydrogens is 214 g/mol. The molecule has 0 unspecified atom stereocenters. The van der Waals surface area contributed by atoms with Crippen molar-refractivity contribution in [1.29, 1.82) is 0 Å². The first-order chi connectivity index (χ1) is 7.15. The van der Waals surface area contributed by atoms with Crippen LogP contribution in [-0.4, -0.2) is 35.0 Å². The molecule has 0 spiro atoms. The maximum Gasteiger partial charge on any atom is 0.323 e. The number of thiophene rings is 1. The van der Waals surface area contributed by atoms with Crippen LogP contribution in [0.4, 0.5) is 0 Å². The van der Waals surface area contributed by atoms with E-state index in [0.29, 0.717) is 4.88 Å². The summed E-state index contributed by atoms with van der Waals surface area (Å²) in [6, 6.07) is 3.37. The summed E-state index contributed by atoms with van der Waals surface area (Å²) in [5, 5.41) is 10.3. The van der Waals surface area contributed by atoms with Crippen LogP contribution in [0.5, 0.6) is 0 Å². The average molecular weight is 223 g/mol. The minimum absolute atomic E-state index is 0.00301. The summed E-state index contributed by atoms with van der Waals surface area (Å²) in [5.74, 6) is 0.846. The topological polar surface area (TPSA) is 57.6 Å². The Bertz CT molecular complexity index is 391. The fraction of sp³-hybridized carbons (Fsp3) is 0.200. The molecule has 15 heavy (non-hydrogen) atoms. The molecule has 1 N–H and O–H groups in total. The zero-order valence-corrected chi connectivity index (χ0v) is 8.66. The lowest BCUT2D eigenvalue weighted by molar-refractivity contribution is -0.137. The van der Waals surface area contributed by atoms with E-state index in [-0.39, 0.29) is 19.0 Å². The first-order valence-corrected chi connectivity index (χ1v) is 5.01. The van der Waals surface area contributed by atoms with Crippen molar-refractivity contribution in [3.05, 3.63) is 22.4 Å². The van der Waals surface area contributed by atoms with Gasteiger partial charge in [-0.3, -0.25) is 9.59 Å². The third kappa shape index (κ3) is 3.11.